The summed E-state index contributed by atoms with van der Waals surface area (Å²) in [4.78, 5) is 3.17. The van der Waals surface area contributed by atoms with E-state index in [2.05, 4.69) is 23.2 Å². The second kappa shape index (κ2) is 4.02. The van der Waals surface area contributed by atoms with Gasteiger partial charge >= 0.3 is 0 Å². The summed E-state index contributed by atoms with van der Waals surface area (Å²) in [5.74, 6) is 0. The average molecular weight is 149 g/mol. The number of hydrogen-bond donors (Lipinski definition) is 1. The number of aromatic amines is 1. The van der Waals surface area contributed by atoms with Gasteiger partial charge in [-0.15, -0.1) is 0 Å². The van der Waals surface area contributed by atoms with Gasteiger partial charge in [0, 0.05) is 11.5 Å². The van der Waals surface area contributed by atoms with E-state index < -0.39 is 0 Å². The lowest BCUT2D eigenvalue weighted by Crippen LogP contribution is -2.23. The van der Waals surface area contributed by atoms with Crippen LogP contribution in [0.3, 0.4) is 0 Å². The van der Waals surface area contributed by atoms with E-state index in [1.165, 1.54) is 23.4 Å². The third-order valence-corrected chi connectivity index (χ3v) is 1.69. The largest absolute Gasteiger partial charge is 0.361 e. The minimum absolute atomic E-state index is 1.19. The number of nitrogens with one attached hydrogen (secondary N) is 1. The highest BCUT2D eigenvalue weighted by Gasteiger charge is 1.90. The highest BCUT2D eigenvalue weighted by atomic mass is 14.6. The maximum absolute atomic E-state index is 3.17. The van der Waals surface area contributed by atoms with E-state index in [1.54, 1.807) is 0 Å². The summed E-state index contributed by atoms with van der Waals surface area (Å²) in [7, 11) is 0. The first-order chi connectivity index (χ1) is 5.47. The van der Waals surface area contributed by atoms with Crippen molar-refractivity contribution in [1.29, 1.82) is 0 Å². The fraction of sp³-hybridized carbons (Fsp3) is 0.400. The molecule has 1 nitrogen and oxygen atoms in total. The first kappa shape index (κ1) is 8.12. The van der Waals surface area contributed by atoms with E-state index in [-0.39, 0.29) is 0 Å². The van der Waals surface area contributed by atoms with E-state index in [0.717, 1.165) is 0 Å². The Hall–Kier alpha value is -0.980. The molecule has 0 saturated carbocycles. The van der Waals surface area contributed by atoms with Crippen molar-refractivity contribution in [2.24, 2.45) is 0 Å². The predicted molar refractivity (Wildman–Crippen MR) is 49.6 cm³/mol. The molecule has 0 aliphatic heterocycles. The summed E-state index contributed by atoms with van der Waals surface area (Å²) in [6.07, 6.45) is 8.89. The van der Waals surface area contributed by atoms with Gasteiger partial charge in [-0.05, 0) is 24.1 Å². The molecule has 2 rings (SSSR count). The molecule has 1 aliphatic carbocycles. The molecule has 1 N–H and O–H groups in total. The van der Waals surface area contributed by atoms with Gasteiger partial charge in [0.1, 0.15) is 0 Å². The molecule has 1 aliphatic rings. The Morgan fingerprint density at radius 2 is 1.91 bits per heavy atom. The molecule has 0 atom stereocenters. The van der Waals surface area contributed by atoms with Gasteiger partial charge in [0.2, 0.25) is 0 Å². The Morgan fingerprint density at radius 1 is 1.18 bits per heavy atom. The summed E-state index contributed by atoms with van der Waals surface area (Å²) in [6.45, 7) is 4.00. The minimum Gasteiger partial charge on any atom is -0.361 e. The molecule has 0 saturated heterocycles. The van der Waals surface area contributed by atoms with Crippen molar-refractivity contribution in [3.05, 3.63) is 22.8 Å². The number of fused-ring (bicyclic) bond motifs is 1. The third-order valence-electron chi connectivity index (χ3n) is 1.69. The molecule has 1 heteroatoms. The Bertz CT molecular complexity index is 275. The van der Waals surface area contributed by atoms with Crippen LogP contribution in [-0.4, -0.2) is 4.98 Å². The maximum Gasteiger partial charge on any atom is 0.0410 e. The fourth-order valence-corrected chi connectivity index (χ4v) is 1.22. The van der Waals surface area contributed by atoms with Crippen molar-refractivity contribution in [1.82, 2.24) is 4.98 Å². The van der Waals surface area contributed by atoms with Crippen molar-refractivity contribution < 1.29 is 0 Å². The van der Waals surface area contributed by atoms with Crippen LogP contribution in [0, 0.1) is 0 Å². The summed E-state index contributed by atoms with van der Waals surface area (Å²) < 4.78 is 0. The van der Waals surface area contributed by atoms with Crippen LogP contribution in [0.25, 0.3) is 12.2 Å². The number of hydrogen-bond acceptors (Lipinski definition) is 0. The maximum atomic E-state index is 3.17. The summed E-state index contributed by atoms with van der Waals surface area (Å²) in [5, 5.41) is 2.66. The van der Waals surface area contributed by atoms with Gasteiger partial charge in [0.25, 0.3) is 0 Å². The van der Waals surface area contributed by atoms with Crippen LogP contribution in [0.1, 0.15) is 26.7 Å². The summed E-state index contributed by atoms with van der Waals surface area (Å²) in [5.41, 5.74) is 0. The molecule has 0 fully saturated rings. The van der Waals surface area contributed by atoms with E-state index in [0.29, 0.717) is 0 Å². The molecule has 0 bridgehead atoms. The van der Waals surface area contributed by atoms with Crippen molar-refractivity contribution in [2.75, 3.05) is 0 Å². The molecule has 1 aromatic heterocycles. The van der Waals surface area contributed by atoms with Gasteiger partial charge in [-0.1, -0.05) is 26.0 Å². The van der Waals surface area contributed by atoms with Crippen molar-refractivity contribution in [3.63, 3.8) is 0 Å². The van der Waals surface area contributed by atoms with Gasteiger partial charge < -0.3 is 4.98 Å². The molecule has 0 unspecified atom stereocenters. The van der Waals surface area contributed by atoms with Crippen LogP contribution in [-0.2, 0) is 0 Å². The van der Waals surface area contributed by atoms with Crippen molar-refractivity contribution >= 4 is 12.2 Å². The van der Waals surface area contributed by atoms with Crippen LogP contribution < -0.4 is 10.6 Å². The molecule has 11 heavy (non-hydrogen) atoms. The molecule has 1 heterocycles. The number of rotatable bonds is 0. The lowest BCUT2D eigenvalue weighted by Gasteiger charge is -1.91. The van der Waals surface area contributed by atoms with Gasteiger partial charge in [0.05, 0.1) is 0 Å². The van der Waals surface area contributed by atoms with E-state index in [1.807, 2.05) is 20.0 Å². The molecule has 0 amide bonds. The van der Waals surface area contributed by atoms with Gasteiger partial charge in [-0.25, -0.2) is 0 Å². The molecular weight excluding hydrogens is 134 g/mol. The standard InChI is InChI=1S/C8H9N.C2H6/c1-2-4-8-7(3-1)5-6-9-8;1-2/h3-6,9H,1-2H2;1-2H3. The second-order valence-corrected chi connectivity index (χ2v) is 2.33. The molecule has 0 aromatic carbocycles. The second-order valence-electron chi connectivity index (χ2n) is 2.33. The molecule has 60 valence electrons. The van der Waals surface area contributed by atoms with Crippen LogP contribution in [0.4, 0.5) is 0 Å². The van der Waals surface area contributed by atoms with E-state index in [4.69, 9.17) is 0 Å². The average Bonchev–Trinajstić information content (AvgIpc) is 2.55. The Labute approximate surface area is 67.5 Å². The van der Waals surface area contributed by atoms with Crippen LogP contribution >= 0.6 is 0 Å². The molecule has 0 radical (unpaired) electrons. The quantitative estimate of drug-likeness (QED) is 0.574. The first-order valence-corrected chi connectivity index (χ1v) is 4.30. The third kappa shape index (κ3) is 1.73. The fourth-order valence-electron chi connectivity index (χ4n) is 1.22. The van der Waals surface area contributed by atoms with Crippen LogP contribution in [0.15, 0.2) is 12.3 Å². The van der Waals surface area contributed by atoms with Gasteiger partial charge in [-0.2, -0.15) is 0 Å². The zero-order valence-electron chi connectivity index (χ0n) is 7.22. The smallest absolute Gasteiger partial charge is 0.0410 e. The highest BCUT2D eigenvalue weighted by molar-refractivity contribution is 5.35. The highest BCUT2D eigenvalue weighted by Crippen LogP contribution is 1.92. The van der Waals surface area contributed by atoms with E-state index >= 15 is 0 Å². The zero-order chi connectivity index (χ0) is 8.10. The zero-order valence-corrected chi connectivity index (χ0v) is 7.22. The summed E-state index contributed by atoms with van der Waals surface area (Å²) >= 11 is 0. The van der Waals surface area contributed by atoms with Crippen molar-refractivity contribution in [3.8, 4) is 0 Å². The van der Waals surface area contributed by atoms with Gasteiger partial charge in [-0.3, -0.25) is 0 Å². The van der Waals surface area contributed by atoms with Crippen LogP contribution in [0.5, 0.6) is 0 Å². The normalized spacial score (nSPS) is 13.3. The summed E-state index contributed by atoms with van der Waals surface area (Å²) in [6, 6.07) is 2.12. The first-order valence-electron chi connectivity index (χ1n) is 4.30. The molecule has 0 spiro atoms. The lowest BCUT2D eigenvalue weighted by atomic mass is 10.2. The van der Waals surface area contributed by atoms with E-state index in [9.17, 15) is 0 Å². The minimum atomic E-state index is 1.19. The lowest BCUT2D eigenvalue weighted by molar-refractivity contribution is 1.10. The number of aromatic nitrogens is 1. The number of H-pyrrole nitrogens is 1. The Balaban J connectivity index is 0.000000281. The van der Waals surface area contributed by atoms with Gasteiger partial charge in [0.15, 0.2) is 0 Å². The van der Waals surface area contributed by atoms with Crippen molar-refractivity contribution in [2.45, 2.75) is 26.7 Å². The molecular formula is C10H15N. The Kier molecular flexibility index (Phi) is 2.96. The predicted octanol–water partition coefficient (Wildman–Crippen LogP) is 1.40. The topological polar surface area (TPSA) is 15.8 Å². The molecule has 1 aromatic rings. The SMILES string of the molecule is C1=c2cc[nH]c2=CCC1.CC. The van der Waals surface area contributed by atoms with Crippen LogP contribution in [0.2, 0.25) is 0 Å². The Morgan fingerprint density at radius 3 is 2.64 bits per heavy atom. The monoisotopic (exact) mass is 149 g/mol.